The average molecular weight is 469 g/mol. The van der Waals surface area contributed by atoms with E-state index < -0.39 is 23.3 Å². The van der Waals surface area contributed by atoms with Crippen LogP contribution in [0.4, 0.5) is 0 Å². The van der Waals surface area contributed by atoms with E-state index in [1.807, 2.05) is 24.3 Å². The number of hydrogen-bond donors (Lipinski definition) is 2. The van der Waals surface area contributed by atoms with E-state index in [1.54, 1.807) is 20.8 Å². The van der Waals surface area contributed by atoms with E-state index in [2.05, 4.69) is 97.1 Å². The molecule has 4 heteroatoms. The zero-order valence-electron chi connectivity index (χ0n) is 20.3. The first-order chi connectivity index (χ1) is 16.7. The van der Waals surface area contributed by atoms with Gasteiger partial charge in [0.15, 0.2) is 5.92 Å². The highest BCUT2D eigenvalue weighted by Crippen LogP contribution is 2.26. The number of hydrogen-bond acceptors (Lipinski definition) is 2. The van der Waals surface area contributed by atoms with Crippen molar-refractivity contribution in [2.75, 3.05) is 0 Å². The minimum Gasteiger partial charge on any atom is -0.481 e. The molecule has 0 aromatic heterocycles. The van der Waals surface area contributed by atoms with Crippen molar-refractivity contribution >= 4 is 11.9 Å². The van der Waals surface area contributed by atoms with E-state index in [0.717, 1.165) is 0 Å². The van der Waals surface area contributed by atoms with Crippen molar-refractivity contribution in [1.29, 1.82) is 0 Å². The molecule has 0 unspecified atom stereocenters. The van der Waals surface area contributed by atoms with Gasteiger partial charge in [-0.3, -0.25) is 9.59 Å². The van der Waals surface area contributed by atoms with Crippen LogP contribution in [0.3, 0.4) is 0 Å². The molecule has 35 heavy (non-hydrogen) atoms. The van der Waals surface area contributed by atoms with Crippen molar-refractivity contribution in [3.8, 4) is 22.3 Å². The molecular formula is C31H32O4. The predicted octanol–water partition coefficient (Wildman–Crippen LogP) is 7.53. The molecule has 0 heterocycles. The van der Waals surface area contributed by atoms with Gasteiger partial charge in [0.25, 0.3) is 0 Å². The van der Waals surface area contributed by atoms with Crippen molar-refractivity contribution in [2.45, 2.75) is 20.8 Å². The quantitative estimate of drug-likeness (QED) is 0.304. The molecule has 2 N–H and O–H groups in total. The Morgan fingerprint density at radius 2 is 0.686 bits per heavy atom. The second kappa shape index (κ2) is 13.5. The van der Waals surface area contributed by atoms with E-state index >= 15 is 0 Å². The molecule has 0 amide bonds. The van der Waals surface area contributed by atoms with Gasteiger partial charge < -0.3 is 10.2 Å². The summed E-state index contributed by atoms with van der Waals surface area (Å²) in [6, 6.07) is 41.6. The first-order valence-electron chi connectivity index (χ1n) is 11.4. The summed E-state index contributed by atoms with van der Waals surface area (Å²) in [6.07, 6.45) is 0. The van der Waals surface area contributed by atoms with Crippen LogP contribution in [-0.2, 0) is 9.59 Å². The van der Waals surface area contributed by atoms with Crippen LogP contribution in [0.1, 0.15) is 20.8 Å². The van der Waals surface area contributed by atoms with E-state index in [9.17, 15) is 9.59 Å². The smallest absolute Gasteiger partial charge is 0.318 e. The second-order valence-corrected chi connectivity index (χ2v) is 8.94. The fourth-order valence-corrected chi connectivity index (χ4v) is 3.37. The standard InChI is InChI=1S/2C12H10.C7H12O4/c2*1-3-7-11(8-4-1)12-9-5-2-6-10-12;1-7(2,3)4(5(8)9)6(10)11/h2*1-10H;4H,1-3H3,(H,8,9)(H,10,11). The Hall–Kier alpha value is -4.18. The summed E-state index contributed by atoms with van der Waals surface area (Å²) in [4.78, 5) is 20.8. The Balaban J connectivity index is 0.000000186. The van der Waals surface area contributed by atoms with Crippen molar-refractivity contribution in [3.05, 3.63) is 121 Å². The van der Waals surface area contributed by atoms with E-state index in [1.165, 1.54) is 22.3 Å². The molecule has 4 aromatic rings. The molecule has 0 bridgehead atoms. The van der Waals surface area contributed by atoms with Crippen LogP contribution in [0, 0.1) is 11.3 Å². The SMILES string of the molecule is CC(C)(C)C(C(=O)O)C(=O)O.c1ccc(-c2ccccc2)cc1.c1ccc(-c2ccccc2)cc1. The van der Waals surface area contributed by atoms with Gasteiger partial charge >= 0.3 is 11.9 Å². The van der Waals surface area contributed by atoms with Crippen molar-refractivity contribution in [1.82, 2.24) is 0 Å². The first-order valence-corrected chi connectivity index (χ1v) is 11.4. The zero-order chi connectivity index (χ0) is 25.7. The van der Waals surface area contributed by atoms with Gasteiger partial charge in [0, 0.05) is 0 Å². The molecule has 0 aliphatic rings. The lowest BCUT2D eigenvalue weighted by atomic mass is 9.81. The molecule has 0 radical (unpaired) electrons. The summed E-state index contributed by atoms with van der Waals surface area (Å²) in [5, 5.41) is 17.0. The highest BCUT2D eigenvalue weighted by Gasteiger charge is 2.37. The molecule has 0 spiro atoms. The fourth-order valence-electron chi connectivity index (χ4n) is 3.37. The second-order valence-electron chi connectivity index (χ2n) is 8.94. The summed E-state index contributed by atoms with van der Waals surface area (Å²) in [7, 11) is 0. The number of carboxylic acids is 2. The van der Waals surface area contributed by atoms with Crippen LogP contribution in [0.25, 0.3) is 22.3 Å². The molecule has 0 atom stereocenters. The molecule has 4 aromatic carbocycles. The van der Waals surface area contributed by atoms with Gasteiger partial charge in [0.2, 0.25) is 0 Å². The van der Waals surface area contributed by atoms with Crippen molar-refractivity contribution < 1.29 is 19.8 Å². The number of carbonyl (C=O) groups is 2. The molecule has 4 rings (SSSR count). The molecule has 180 valence electrons. The molecule has 0 fully saturated rings. The fraction of sp³-hybridized carbons (Fsp3) is 0.161. The normalized spacial score (nSPS) is 10.3. The molecular weight excluding hydrogens is 436 g/mol. The van der Waals surface area contributed by atoms with Crippen LogP contribution in [0.2, 0.25) is 0 Å². The highest BCUT2D eigenvalue weighted by atomic mass is 16.4. The lowest BCUT2D eigenvalue weighted by molar-refractivity contribution is -0.159. The van der Waals surface area contributed by atoms with Crippen LogP contribution in [-0.4, -0.2) is 22.2 Å². The van der Waals surface area contributed by atoms with Crippen molar-refractivity contribution in [2.24, 2.45) is 11.3 Å². The number of benzene rings is 4. The highest BCUT2D eigenvalue weighted by molar-refractivity contribution is 5.93. The molecule has 0 saturated carbocycles. The Bertz CT molecular complexity index is 986. The maximum absolute atomic E-state index is 10.4. The summed E-state index contributed by atoms with van der Waals surface area (Å²) < 4.78 is 0. The third-order valence-corrected chi connectivity index (χ3v) is 5.12. The Morgan fingerprint density at radius 1 is 0.486 bits per heavy atom. The van der Waals surface area contributed by atoms with E-state index in [4.69, 9.17) is 10.2 Å². The number of aliphatic carboxylic acids is 2. The van der Waals surface area contributed by atoms with Gasteiger partial charge in [-0.1, -0.05) is 142 Å². The summed E-state index contributed by atoms with van der Waals surface area (Å²) in [5.41, 5.74) is 4.37. The molecule has 0 aliphatic carbocycles. The van der Waals surface area contributed by atoms with E-state index in [-0.39, 0.29) is 0 Å². The molecule has 4 nitrogen and oxygen atoms in total. The lowest BCUT2D eigenvalue weighted by Crippen LogP contribution is -2.35. The minimum absolute atomic E-state index is 0.738. The molecule has 0 aliphatic heterocycles. The Morgan fingerprint density at radius 3 is 0.800 bits per heavy atom. The third kappa shape index (κ3) is 9.30. The van der Waals surface area contributed by atoms with E-state index in [0.29, 0.717) is 0 Å². The lowest BCUT2D eigenvalue weighted by Gasteiger charge is -2.22. The minimum atomic E-state index is -1.33. The van der Waals surface area contributed by atoms with Gasteiger partial charge in [-0.25, -0.2) is 0 Å². The predicted molar refractivity (Wildman–Crippen MR) is 142 cm³/mol. The van der Waals surface area contributed by atoms with Crippen LogP contribution < -0.4 is 0 Å². The number of rotatable bonds is 4. The van der Waals surface area contributed by atoms with Crippen LogP contribution >= 0.6 is 0 Å². The van der Waals surface area contributed by atoms with Crippen LogP contribution in [0.5, 0.6) is 0 Å². The van der Waals surface area contributed by atoms with Crippen LogP contribution in [0.15, 0.2) is 121 Å². The third-order valence-electron chi connectivity index (χ3n) is 5.12. The first kappa shape index (κ1) is 27.1. The average Bonchev–Trinajstić information content (AvgIpc) is 2.86. The topological polar surface area (TPSA) is 74.6 Å². The monoisotopic (exact) mass is 468 g/mol. The Kier molecular flexibility index (Phi) is 10.4. The van der Waals surface area contributed by atoms with Gasteiger partial charge in [0.1, 0.15) is 0 Å². The number of carboxylic acid groups (broad SMARTS) is 2. The molecule has 0 saturated heterocycles. The van der Waals surface area contributed by atoms with Gasteiger partial charge in [-0.05, 0) is 27.7 Å². The largest absolute Gasteiger partial charge is 0.481 e. The summed E-state index contributed by atoms with van der Waals surface area (Å²) >= 11 is 0. The van der Waals surface area contributed by atoms with Gasteiger partial charge in [-0.15, -0.1) is 0 Å². The maximum atomic E-state index is 10.4. The Labute approximate surface area is 207 Å². The zero-order valence-corrected chi connectivity index (χ0v) is 20.3. The maximum Gasteiger partial charge on any atom is 0.318 e. The summed E-state index contributed by atoms with van der Waals surface area (Å²) in [6.45, 7) is 4.75. The van der Waals surface area contributed by atoms with Crippen molar-refractivity contribution in [3.63, 3.8) is 0 Å². The van der Waals surface area contributed by atoms with Gasteiger partial charge in [-0.2, -0.15) is 0 Å². The summed E-state index contributed by atoms with van der Waals surface area (Å²) in [5.74, 6) is -3.91. The van der Waals surface area contributed by atoms with Gasteiger partial charge in [0.05, 0.1) is 0 Å².